The van der Waals surface area contributed by atoms with Crippen molar-refractivity contribution in [3.05, 3.63) is 17.9 Å². The molecule has 0 aromatic carbocycles. The SMILES string of the molecule is C#CCCCNS(=O)(=O)c1ccc(C=O)o1. The molecule has 0 saturated heterocycles. The van der Waals surface area contributed by atoms with E-state index in [-0.39, 0.29) is 17.4 Å². The minimum absolute atomic E-state index is 0.0241. The van der Waals surface area contributed by atoms with Crippen LogP contribution in [0.5, 0.6) is 0 Å². The van der Waals surface area contributed by atoms with Gasteiger partial charge in [0.05, 0.1) is 0 Å². The zero-order valence-corrected chi connectivity index (χ0v) is 9.29. The summed E-state index contributed by atoms with van der Waals surface area (Å²) < 4.78 is 30.2. The number of terminal acetylenes is 1. The number of hydrogen-bond donors (Lipinski definition) is 1. The molecule has 16 heavy (non-hydrogen) atoms. The zero-order chi connectivity index (χ0) is 12.0. The Morgan fingerprint density at radius 3 is 2.81 bits per heavy atom. The number of unbranched alkanes of at least 4 members (excludes halogenated alkanes) is 1. The average Bonchev–Trinajstić information content (AvgIpc) is 2.73. The quantitative estimate of drug-likeness (QED) is 0.453. The van der Waals surface area contributed by atoms with Crippen LogP contribution >= 0.6 is 0 Å². The highest BCUT2D eigenvalue weighted by atomic mass is 32.2. The molecule has 6 heteroatoms. The maximum absolute atomic E-state index is 11.6. The fourth-order valence-electron chi connectivity index (χ4n) is 1.01. The van der Waals surface area contributed by atoms with Crippen LogP contribution in [0.15, 0.2) is 21.6 Å². The molecule has 0 radical (unpaired) electrons. The first-order valence-corrected chi connectivity index (χ1v) is 6.06. The van der Waals surface area contributed by atoms with Gasteiger partial charge in [-0.05, 0) is 18.6 Å². The van der Waals surface area contributed by atoms with Gasteiger partial charge in [-0.15, -0.1) is 12.3 Å². The molecule has 1 N–H and O–H groups in total. The second kappa shape index (κ2) is 5.49. The Morgan fingerprint density at radius 1 is 1.50 bits per heavy atom. The summed E-state index contributed by atoms with van der Waals surface area (Å²) in [6, 6.07) is 2.52. The number of rotatable bonds is 6. The van der Waals surface area contributed by atoms with Gasteiger partial charge in [0.1, 0.15) is 0 Å². The number of nitrogens with one attached hydrogen (secondary N) is 1. The van der Waals surface area contributed by atoms with Crippen LogP contribution in [0.25, 0.3) is 0 Å². The first-order chi connectivity index (χ1) is 7.60. The predicted molar refractivity (Wildman–Crippen MR) is 57.4 cm³/mol. The molecular weight excluding hydrogens is 230 g/mol. The van der Waals surface area contributed by atoms with E-state index in [0.29, 0.717) is 19.1 Å². The summed E-state index contributed by atoms with van der Waals surface area (Å²) in [5.74, 6) is 2.38. The summed E-state index contributed by atoms with van der Waals surface area (Å²) >= 11 is 0. The fraction of sp³-hybridized carbons (Fsp3) is 0.300. The largest absolute Gasteiger partial charge is 0.440 e. The van der Waals surface area contributed by atoms with E-state index in [1.165, 1.54) is 12.1 Å². The highest BCUT2D eigenvalue weighted by Crippen LogP contribution is 2.12. The van der Waals surface area contributed by atoms with Gasteiger partial charge in [0.25, 0.3) is 10.0 Å². The van der Waals surface area contributed by atoms with Gasteiger partial charge in [0, 0.05) is 13.0 Å². The lowest BCUT2D eigenvalue weighted by Crippen LogP contribution is -2.24. The third-order valence-corrected chi connectivity index (χ3v) is 3.11. The standard InChI is InChI=1S/C10H11NO4S/c1-2-3-4-7-11-16(13,14)10-6-5-9(8-12)15-10/h1,5-6,8,11H,3-4,7H2. The maximum atomic E-state index is 11.6. The summed E-state index contributed by atoms with van der Waals surface area (Å²) in [7, 11) is -3.67. The van der Waals surface area contributed by atoms with Crippen molar-refractivity contribution >= 4 is 16.3 Å². The van der Waals surface area contributed by atoms with Gasteiger partial charge >= 0.3 is 0 Å². The summed E-state index contributed by atoms with van der Waals surface area (Å²) in [5, 5.41) is -0.268. The lowest BCUT2D eigenvalue weighted by molar-refractivity contribution is 0.109. The molecule has 5 nitrogen and oxygen atoms in total. The van der Waals surface area contributed by atoms with E-state index < -0.39 is 10.0 Å². The number of hydrogen-bond acceptors (Lipinski definition) is 4. The van der Waals surface area contributed by atoms with Crippen molar-refractivity contribution in [3.63, 3.8) is 0 Å². The van der Waals surface area contributed by atoms with E-state index in [1.807, 2.05) is 0 Å². The molecule has 0 aliphatic heterocycles. The van der Waals surface area contributed by atoms with Gasteiger partial charge in [0.2, 0.25) is 5.09 Å². The minimum atomic E-state index is -3.67. The zero-order valence-electron chi connectivity index (χ0n) is 8.47. The molecule has 0 aliphatic carbocycles. The number of carbonyl (C=O) groups is 1. The highest BCUT2D eigenvalue weighted by Gasteiger charge is 2.17. The second-order valence-electron chi connectivity index (χ2n) is 2.98. The van der Waals surface area contributed by atoms with E-state index in [1.54, 1.807) is 0 Å². The number of carbonyl (C=O) groups excluding carboxylic acids is 1. The number of sulfonamides is 1. The van der Waals surface area contributed by atoms with Crippen LogP contribution < -0.4 is 4.72 Å². The highest BCUT2D eigenvalue weighted by molar-refractivity contribution is 7.89. The Morgan fingerprint density at radius 2 is 2.25 bits per heavy atom. The molecule has 0 saturated carbocycles. The Labute approximate surface area is 93.9 Å². The van der Waals surface area contributed by atoms with Gasteiger partial charge in [-0.1, -0.05) is 0 Å². The topological polar surface area (TPSA) is 76.4 Å². The van der Waals surface area contributed by atoms with Crippen molar-refractivity contribution in [2.75, 3.05) is 6.54 Å². The maximum Gasteiger partial charge on any atom is 0.273 e. The van der Waals surface area contributed by atoms with Crippen LogP contribution in [0.1, 0.15) is 23.4 Å². The Bertz CT molecular complexity index is 495. The van der Waals surface area contributed by atoms with Gasteiger partial charge in [-0.25, -0.2) is 13.1 Å². The van der Waals surface area contributed by atoms with Crippen LogP contribution in [0.3, 0.4) is 0 Å². The van der Waals surface area contributed by atoms with Crippen molar-refractivity contribution in [1.29, 1.82) is 0 Å². The Kier molecular flexibility index (Phi) is 4.28. The molecule has 1 heterocycles. The minimum Gasteiger partial charge on any atom is -0.440 e. The van der Waals surface area contributed by atoms with Crippen molar-refractivity contribution in [3.8, 4) is 12.3 Å². The van der Waals surface area contributed by atoms with Crippen LogP contribution in [0.4, 0.5) is 0 Å². The summed E-state index contributed by atoms with van der Waals surface area (Å²) in [6.07, 6.45) is 6.52. The molecule has 1 rings (SSSR count). The molecule has 0 spiro atoms. The molecule has 1 aromatic rings. The molecular formula is C10H11NO4S. The molecule has 86 valence electrons. The van der Waals surface area contributed by atoms with E-state index in [0.717, 1.165) is 0 Å². The lowest BCUT2D eigenvalue weighted by Gasteiger charge is -2.01. The van der Waals surface area contributed by atoms with Crippen LogP contribution in [0, 0.1) is 12.3 Å². The Hall–Kier alpha value is -1.58. The van der Waals surface area contributed by atoms with E-state index in [2.05, 4.69) is 10.6 Å². The molecule has 0 atom stereocenters. The van der Waals surface area contributed by atoms with E-state index >= 15 is 0 Å². The van der Waals surface area contributed by atoms with Crippen molar-refractivity contribution in [2.24, 2.45) is 0 Å². The Balaban J connectivity index is 2.64. The first-order valence-electron chi connectivity index (χ1n) is 4.58. The van der Waals surface area contributed by atoms with Crippen molar-refractivity contribution < 1.29 is 17.6 Å². The van der Waals surface area contributed by atoms with Gasteiger partial charge < -0.3 is 4.42 Å². The monoisotopic (exact) mass is 241 g/mol. The van der Waals surface area contributed by atoms with Crippen LogP contribution in [-0.2, 0) is 10.0 Å². The summed E-state index contributed by atoms with van der Waals surface area (Å²) in [6.45, 7) is 0.240. The van der Waals surface area contributed by atoms with E-state index in [4.69, 9.17) is 10.8 Å². The second-order valence-corrected chi connectivity index (χ2v) is 4.68. The van der Waals surface area contributed by atoms with E-state index in [9.17, 15) is 13.2 Å². The molecule has 0 bridgehead atoms. The molecule has 0 fully saturated rings. The van der Waals surface area contributed by atoms with Crippen LogP contribution in [-0.4, -0.2) is 21.2 Å². The smallest absolute Gasteiger partial charge is 0.273 e. The van der Waals surface area contributed by atoms with Crippen molar-refractivity contribution in [2.45, 2.75) is 17.9 Å². The molecule has 0 aliphatic rings. The molecule has 0 amide bonds. The number of aldehydes is 1. The fourth-order valence-corrected chi connectivity index (χ4v) is 2.02. The van der Waals surface area contributed by atoms with Crippen LogP contribution in [0.2, 0.25) is 0 Å². The summed E-state index contributed by atoms with van der Waals surface area (Å²) in [5.41, 5.74) is 0. The molecule has 1 aromatic heterocycles. The third-order valence-electron chi connectivity index (χ3n) is 1.77. The average molecular weight is 241 g/mol. The lowest BCUT2D eigenvalue weighted by atomic mass is 10.3. The third kappa shape index (κ3) is 3.22. The van der Waals surface area contributed by atoms with Gasteiger partial charge in [-0.3, -0.25) is 4.79 Å². The predicted octanol–water partition coefficient (Wildman–Crippen LogP) is 0.784. The number of furan rings is 1. The molecule has 0 unspecified atom stereocenters. The normalized spacial score (nSPS) is 10.9. The van der Waals surface area contributed by atoms with Gasteiger partial charge in [-0.2, -0.15) is 0 Å². The van der Waals surface area contributed by atoms with Gasteiger partial charge in [0.15, 0.2) is 12.0 Å². The van der Waals surface area contributed by atoms with Crippen molar-refractivity contribution in [1.82, 2.24) is 4.72 Å². The first kappa shape index (κ1) is 12.5. The summed E-state index contributed by atoms with van der Waals surface area (Å²) in [4.78, 5) is 10.3.